The highest BCUT2D eigenvalue weighted by molar-refractivity contribution is 9.10. The van der Waals surface area contributed by atoms with E-state index in [9.17, 15) is 4.79 Å². The summed E-state index contributed by atoms with van der Waals surface area (Å²) in [6, 6.07) is 12.6. The standard InChI is InChI=1S/C22H21BrCl2N3O2.BrH/c23-16-7-5-15(6-8-16)19(29)13-28-22-4-2-1-3-11-27(22)21(26-28)14-30-20-10-9-17(24)12-18(20)25;/h5-10,12H,1-4,11,13-14H2;1H/q+1;/p-1. The second-order valence-corrected chi connectivity index (χ2v) is 9.01. The molecule has 0 aliphatic carbocycles. The molecule has 0 fully saturated rings. The van der Waals surface area contributed by atoms with Gasteiger partial charge in [-0.25, -0.2) is 4.57 Å². The molecule has 0 radical (unpaired) electrons. The molecule has 164 valence electrons. The van der Waals surface area contributed by atoms with Crippen LogP contribution in [0.3, 0.4) is 0 Å². The number of aromatic nitrogens is 3. The number of fused-ring (bicyclic) bond motifs is 1. The van der Waals surface area contributed by atoms with E-state index in [1.54, 1.807) is 18.2 Å². The van der Waals surface area contributed by atoms with Crippen molar-refractivity contribution in [2.75, 3.05) is 0 Å². The normalized spacial score (nSPS) is 13.1. The van der Waals surface area contributed by atoms with Gasteiger partial charge < -0.3 is 21.7 Å². The average molecular weight is 590 g/mol. The molecule has 0 unspecified atom stereocenters. The van der Waals surface area contributed by atoms with Crippen LogP contribution in [0.4, 0.5) is 0 Å². The fourth-order valence-corrected chi connectivity index (χ4v) is 4.35. The highest BCUT2D eigenvalue weighted by Gasteiger charge is 2.29. The van der Waals surface area contributed by atoms with Gasteiger partial charge in [-0.2, -0.15) is 0 Å². The molecule has 2 aromatic carbocycles. The van der Waals surface area contributed by atoms with Crippen LogP contribution < -0.4 is 26.3 Å². The zero-order valence-electron chi connectivity index (χ0n) is 16.7. The summed E-state index contributed by atoms with van der Waals surface area (Å²) in [4.78, 5) is 12.8. The molecular formula is C22H21Br2Cl2N3O2. The summed E-state index contributed by atoms with van der Waals surface area (Å²) in [5, 5.41) is 5.76. The zero-order chi connectivity index (χ0) is 21.1. The van der Waals surface area contributed by atoms with Gasteiger partial charge in [0.2, 0.25) is 5.82 Å². The Labute approximate surface area is 210 Å². The van der Waals surface area contributed by atoms with Crippen molar-refractivity contribution in [3.05, 3.63) is 74.2 Å². The van der Waals surface area contributed by atoms with E-state index in [-0.39, 0.29) is 35.9 Å². The number of carbonyl (C=O) groups is 1. The van der Waals surface area contributed by atoms with E-state index in [2.05, 4.69) is 20.5 Å². The van der Waals surface area contributed by atoms with E-state index in [1.165, 1.54) is 0 Å². The first-order valence-electron chi connectivity index (χ1n) is 9.86. The van der Waals surface area contributed by atoms with Crippen molar-refractivity contribution in [2.45, 2.75) is 45.4 Å². The number of rotatable bonds is 6. The van der Waals surface area contributed by atoms with Crippen LogP contribution in [-0.4, -0.2) is 15.6 Å². The first-order chi connectivity index (χ1) is 14.5. The van der Waals surface area contributed by atoms with E-state index in [0.29, 0.717) is 21.4 Å². The minimum atomic E-state index is 0. The summed E-state index contributed by atoms with van der Waals surface area (Å²) in [5.41, 5.74) is 0.673. The third kappa shape index (κ3) is 5.89. The van der Waals surface area contributed by atoms with Crippen molar-refractivity contribution in [2.24, 2.45) is 0 Å². The fraction of sp³-hybridized carbons (Fsp3) is 0.318. The molecule has 1 aliphatic rings. The molecule has 2 heterocycles. The quantitative estimate of drug-likeness (QED) is 0.328. The molecule has 0 bridgehead atoms. The summed E-state index contributed by atoms with van der Waals surface area (Å²) >= 11 is 15.6. The van der Waals surface area contributed by atoms with Gasteiger partial charge in [-0.1, -0.05) is 51.3 Å². The first-order valence-corrected chi connectivity index (χ1v) is 11.4. The van der Waals surface area contributed by atoms with Crippen LogP contribution in [0.15, 0.2) is 46.9 Å². The molecule has 1 aliphatic heterocycles. The smallest absolute Gasteiger partial charge is 0.315 e. The highest BCUT2D eigenvalue weighted by atomic mass is 79.9. The first kappa shape index (κ1) is 24.2. The van der Waals surface area contributed by atoms with E-state index in [4.69, 9.17) is 33.0 Å². The molecule has 0 spiro atoms. The lowest BCUT2D eigenvalue weighted by atomic mass is 10.1. The van der Waals surface area contributed by atoms with Crippen molar-refractivity contribution in [1.82, 2.24) is 9.78 Å². The van der Waals surface area contributed by atoms with Gasteiger partial charge in [-0.05, 0) is 49.6 Å². The molecule has 3 aromatic rings. The molecule has 0 amide bonds. The Kier molecular flexibility index (Phi) is 8.56. The maximum atomic E-state index is 12.8. The molecular weight excluding hydrogens is 569 g/mol. The van der Waals surface area contributed by atoms with Crippen LogP contribution in [0.1, 0.15) is 41.3 Å². The lowest BCUT2D eigenvalue weighted by Gasteiger charge is -2.06. The largest absolute Gasteiger partial charge is 1.00 e. The van der Waals surface area contributed by atoms with Crippen molar-refractivity contribution in [3.8, 4) is 5.75 Å². The molecule has 0 saturated heterocycles. The number of halogens is 4. The van der Waals surface area contributed by atoms with Gasteiger partial charge in [-0.15, -0.1) is 4.68 Å². The monoisotopic (exact) mass is 587 g/mol. The molecule has 9 heteroatoms. The van der Waals surface area contributed by atoms with Gasteiger partial charge in [0.25, 0.3) is 0 Å². The molecule has 31 heavy (non-hydrogen) atoms. The van der Waals surface area contributed by atoms with Crippen LogP contribution in [0.2, 0.25) is 10.0 Å². The Balaban J connectivity index is 0.00000272. The SMILES string of the molecule is O=C(Cn1nc(COc2ccc(Cl)cc2Cl)[n+]2c1CCCCC2)c1ccc(Br)cc1.[Br-]. The molecule has 4 rings (SSSR count). The number of Topliss-reactive ketones (excluding diaryl/α,β-unsaturated/α-hetero) is 1. The van der Waals surface area contributed by atoms with E-state index < -0.39 is 0 Å². The molecule has 0 saturated carbocycles. The number of ether oxygens (including phenoxy) is 1. The number of hydrogen-bond donors (Lipinski definition) is 0. The minimum Gasteiger partial charge on any atom is -1.00 e. The minimum absolute atomic E-state index is 0. The summed E-state index contributed by atoms with van der Waals surface area (Å²) < 4.78 is 10.9. The van der Waals surface area contributed by atoms with Gasteiger partial charge in [0.05, 0.1) is 11.6 Å². The van der Waals surface area contributed by atoms with Gasteiger partial charge in [0.15, 0.2) is 18.9 Å². The predicted molar refractivity (Wildman–Crippen MR) is 119 cm³/mol. The van der Waals surface area contributed by atoms with E-state index in [1.807, 2.05) is 28.9 Å². The van der Waals surface area contributed by atoms with Crippen LogP contribution >= 0.6 is 39.1 Å². The third-order valence-electron chi connectivity index (χ3n) is 5.15. The second-order valence-electron chi connectivity index (χ2n) is 7.25. The topological polar surface area (TPSA) is 48.0 Å². The number of hydrogen-bond acceptors (Lipinski definition) is 3. The van der Waals surface area contributed by atoms with Crippen molar-refractivity contribution < 1.29 is 31.1 Å². The maximum absolute atomic E-state index is 12.8. The van der Waals surface area contributed by atoms with E-state index in [0.717, 1.165) is 48.3 Å². The van der Waals surface area contributed by atoms with Crippen molar-refractivity contribution >= 4 is 44.9 Å². The molecule has 0 atom stereocenters. The summed E-state index contributed by atoms with van der Waals surface area (Å²) in [5.74, 6) is 2.45. The molecule has 5 nitrogen and oxygen atoms in total. The Morgan fingerprint density at radius 2 is 1.90 bits per heavy atom. The zero-order valence-corrected chi connectivity index (χ0v) is 21.3. The van der Waals surface area contributed by atoms with Crippen LogP contribution in [0.5, 0.6) is 5.75 Å². The van der Waals surface area contributed by atoms with Gasteiger partial charge in [0, 0.05) is 26.6 Å². The van der Waals surface area contributed by atoms with Gasteiger partial charge in [-0.3, -0.25) is 4.79 Å². The second kappa shape index (κ2) is 10.9. The van der Waals surface area contributed by atoms with Crippen LogP contribution in [-0.2, 0) is 26.1 Å². The molecule has 0 N–H and O–H groups in total. The third-order valence-corrected chi connectivity index (χ3v) is 6.21. The maximum Gasteiger partial charge on any atom is 0.315 e. The average Bonchev–Trinajstić information content (AvgIpc) is 2.89. The van der Waals surface area contributed by atoms with Crippen molar-refractivity contribution in [1.29, 1.82) is 0 Å². The lowest BCUT2D eigenvalue weighted by molar-refractivity contribution is -0.712. The summed E-state index contributed by atoms with van der Waals surface area (Å²) in [6.07, 6.45) is 4.22. The Bertz CT molecular complexity index is 1070. The molecule has 1 aromatic heterocycles. The number of benzene rings is 2. The predicted octanol–water partition coefficient (Wildman–Crippen LogP) is 2.43. The van der Waals surface area contributed by atoms with Gasteiger partial charge in [0.1, 0.15) is 5.75 Å². The Morgan fingerprint density at radius 1 is 1.13 bits per heavy atom. The van der Waals surface area contributed by atoms with Crippen LogP contribution in [0.25, 0.3) is 0 Å². The van der Waals surface area contributed by atoms with Crippen LogP contribution in [0, 0.1) is 0 Å². The number of ketones is 1. The highest BCUT2D eigenvalue weighted by Crippen LogP contribution is 2.28. The van der Waals surface area contributed by atoms with E-state index >= 15 is 0 Å². The van der Waals surface area contributed by atoms with Gasteiger partial charge >= 0.3 is 5.82 Å². The van der Waals surface area contributed by atoms with Crippen molar-refractivity contribution in [3.63, 3.8) is 0 Å². The number of nitrogens with zero attached hydrogens (tertiary/aromatic N) is 3. The summed E-state index contributed by atoms with van der Waals surface area (Å²) in [7, 11) is 0. The Hall–Kier alpha value is -1.41. The summed E-state index contributed by atoms with van der Waals surface area (Å²) in [6.45, 7) is 1.35. The fourth-order valence-electron chi connectivity index (χ4n) is 3.62. The number of carbonyl (C=O) groups excluding carboxylic acids is 1. The lowest BCUT2D eigenvalue weighted by Crippen LogP contribution is -3.00. The Morgan fingerprint density at radius 3 is 2.65 bits per heavy atom.